The zero-order valence-electron chi connectivity index (χ0n) is 12.2. The third-order valence-corrected chi connectivity index (χ3v) is 4.76. The molecule has 1 aliphatic carbocycles. The normalized spacial score (nSPS) is 32.1. The molecule has 2 aliphatic rings. The Balaban J connectivity index is 2.22. The van der Waals surface area contributed by atoms with Gasteiger partial charge in [-0.25, -0.2) is 0 Å². The van der Waals surface area contributed by atoms with Gasteiger partial charge < -0.3 is 5.32 Å². The van der Waals surface area contributed by atoms with Crippen molar-refractivity contribution >= 4 is 0 Å². The number of hydrogen-bond donors (Lipinski definition) is 1. The molecule has 0 aromatic heterocycles. The fraction of sp³-hybridized carbons (Fsp3) is 1.00. The minimum atomic E-state index is -4.10. The van der Waals surface area contributed by atoms with Gasteiger partial charge in [0.2, 0.25) is 0 Å². The highest BCUT2D eigenvalue weighted by molar-refractivity contribution is 5.13. The van der Waals surface area contributed by atoms with Crippen molar-refractivity contribution in [3.8, 4) is 0 Å². The summed E-state index contributed by atoms with van der Waals surface area (Å²) in [6.45, 7) is 9.35. The monoisotopic (exact) mass is 278 g/mol. The smallest absolute Gasteiger partial charge is 0.311 e. The SMILES string of the molecule is CC(C)C1CN(C2(C(F)(F)F)CC2)C(C(C)C)CN1. The third kappa shape index (κ3) is 2.64. The van der Waals surface area contributed by atoms with E-state index in [1.807, 2.05) is 13.8 Å². The topological polar surface area (TPSA) is 15.3 Å². The van der Waals surface area contributed by atoms with Crippen LogP contribution in [0.1, 0.15) is 40.5 Å². The predicted molar refractivity (Wildman–Crippen MR) is 70.0 cm³/mol. The second-order valence-electron chi connectivity index (χ2n) is 6.75. The summed E-state index contributed by atoms with van der Waals surface area (Å²) in [5, 5.41) is 3.42. The van der Waals surface area contributed by atoms with Gasteiger partial charge in [0.1, 0.15) is 5.54 Å². The molecular weight excluding hydrogens is 253 g/mol. The molecule has 1 saturated heterocycles. The van der Waals surface area contributed by atoms with Crippen LogP contribution < -0.4 is 5.32 Å². The molecule has 5 heteroatoms. The first-order valence-corrected chi connectivity index (χ1v) is 7.26. The van der Waals surface area contributed by atoms with Crippen molar-refractivity contribution < 1.29 is 13.2 Å². The van der Waals surface area contributed by atoms with E-state index in [4.69, 9.17) is 0 Å². The van der Waals surface area contributed by atoms with Crippen molar-refractivity contribution in [1.82, 2.24) is 10.2 Å². The van der Waals surface area contributed by atoms with Crippen LogP contribution in [-0.2, 0) is 0 Å². The minimum absolute atomic E-state index is 0.0147. The van der Waals surface area contributed by atoms with Gasteiger partial charge in [0.05, 0.1) is 0 Å². The van der Waals surface area contributed by atoms with E-state index in [2.05, 4.69) is 19.2 Å². The van der Waals surface area contributed by atoms with Crippen LogP contribution in [-0.4, -0.2) is 41.8 Å². The fourth-order valence-electron chi connectivity index (χ4n) is 3.18. The first-order chi connectivity index (χ1) is 8.69. The Kier molecular flexibility index (Phi) is 3.91. The zero-order valence-corrected chi connectivity index (χ0v) is 12.2. The molecule has 2 rings (SSSR count). The summed E-state index contributed by atoms with van der Waals surface area (Å²) < 4.78 is 40.1. The Labute approximate surface area is 113 Å². The fourth-order valence-corrected chi connectivity index (χ4v) is 3.18. The second kappa shape index (κ2) is 4.92. The Morgan fingerprint density at radius 2 is 1.68 bits per heavy atom. The molecule has 0 amide bonds. The van der Waals surface area contributed by atoms with Gasteiger partial charge in [-0.05, 0) is 24.7 Å². The number of piperazine rings is 1. The van der Waals surface area contributed by atoms with Crippen LogP contribution in [0.25, 0.3) is 0 Å². The highest BCUT2D eigenvalue weighted by atomic mass is 19.4. The lowest BCUT2D eigenvalue weighted by atomic mass is 9.92. The van der Waals surface area contributed by atoms with Gasteiger partial charge in [-0.15, -0.1) is 0 Å². The van der Waals surface area contributed by atoms with Crippen molar-refractivity contribution in [3.05, 3.63) is 0 Å². The molecule has 2 unspecified atom stereocenters. The molecule has 0 aromatic carbocycles. The van der Waals surface area contributed by atoms with Gasteiger partial charge in [-0.2, -0.15) is 13.2 Å². The van der Waals surface area contributed by atoms with Crippen molar-refractivity contribution in [3.63, 3.8) is 0 Å². The molecule has 19 heavy (non-hydrogen) atoms. The predicted octanol–water partition coefficient (Wildman–Crippen LogP) is 3.04. The van der Waals surface area contributed by atoms with Gasteiger partial charge in [-0.1, -0.05) is 27.7 Å². The van der Waals surface area contributed by atoms with Crippen molar-refractivity contribution in [2.45, 2.75) is 64.3 Å². The lowest BCUT2D eigenvalue weighted by Gasteiger charge is -2.48. The van der Waals surface area contributed by atoms with Gasteiger partial charge in [0.25, 0.3) is 0 Å². The van der Waals surface area contributed by atoms with Crippen LogP contribution in [0.3, 0.4) is 0 Å². The van der Waals surface area contributed by atoms with Gasteiger partial charge in [0.15, 0.2) is 0 Å². The van der Waals surface area contributed by atoms with Gasteiger partial charge in [-0.3, -0.25) is 4.90 Å². The molecule has 1 saturated carbocycles. The summed E-state index contributed by atoms with van der Waals surface area (Å²) in [7, 11) is 0. The van der Waals surface area contributed by atoms with E-state index >= 15 is 0 Å². The number of nitrogens with zero attached hydrogens (tertiary/aromatic N) is 1. The Morgan fingerprint density at radius 1 is 1.11 bits per heavy atom. The molecule has 0 aromatic rings. The molecule has 0 radical (unpaired) electrons. The number of halogens is 3. The van der Waals surface area contributed by atoms with E-state index in [-0.39, 0.29) is 30.8 Å². The average Bonchev–Trinajstić information content (AvgIpc) is 3.08. The summed E-state index contributed by atoms with van der Waals surface area (Å²) >= 11 is 0. The number of hydrogen-bond acceptors (Lipinski definition) is 2. The van der Waals surface area contributed by atoms with Crippen molar-refractivity contribution in [2.24, 2.45) is 11.8 Å². The number of nitrogens with one attached hydrogen (secondary N) is 1. The van der Waals surface area contributed by atoms with E-state index in [9.17, 15) is 13.2 Å². The summed E-state index contributed by atoms with van der Waals surface area (Å²) in [6, 6.07) is 0.147. The molecule has 112 valence electrons. The van der Waals surface area contributed by atoms with E-state index in [0.717, 1.165) is 0 Å². The van der Waals surface area contributed by atoms with Crippen LogP contribution in [0.15, 0.2) is 0 Å². The van der Waals surface area contributed by atoms with Crippen LogP contribution >= 0.6 is 0 Å². The molecule has 2 nitrogen and oxygen atoms in total. The zero-order chi connectivity index (χ0) is 14.4. The van der Waals surface area contributed by atoms with Gasteiger partial charge in [0, 0.05) is 25.2 Å². The lowest BCUT2D eigenvalue weighted by Crippen LogP contribution is -2.66. The summed E-state index contributed by atoms with van der Waals surface area (Å²) in [5.74, 6) is 0.597. The van der Waals surface area contributed by atoms with E-state index in [0.29, 0.717) is 19.0 Å². The Bertz CT molecular complexity index is 321. The molecule has 0 spiro atoms. The summed E-state index contributed by atoms with van der Waals surface area (Å²) in [6.07, 6.45) is -3.56. The number of alkyl halides is 3. The number of rotatable bonds is 3. The first-order valence-electron chi connectivity index (χ1n) is 7.26. The van der Waals surface area contributed by atoms with E-state index in [1.54, 1.807) is 4.90 Å². The molecule has 2 atom stereocenters. The maximum atomic E-state index is 13.4. The highest BCUT2D eigenvalue weighted by Crippen LogP contribution is 2.55. The largest absolute Gasteiger partial charge is 0.406 e. The standard InChI is InChI=1S/C14H25F3N2/c1-9(2)11-8-19(12(7-18-11)10(3)4)13(5-6-13)14(15,16)17/h9-12,18H,5-8H2,1-4H3. The first kappa shape index (κ1) is 15.1. The van der Waals surface area contributed by atoms with Crippen LogP contribution in [0, 0.1) is 11.8 Å². The quantitative estimate of drug-likeness (QED) is 0.853. The second-order valence-corrected chi connectivity index (χ2v) is 6.75. The molecule has 2 fully saturated rings. The van der Waals surface area contributed by atoms with Crippen LogP contribution in [0.5, 0.6) is 0 Å². The molecule has 1 aliphatic heterocycles. The lowest BCUT2D eigenvalue weighted by molar-refractivity contribution is -0.209. The summed E-state index contributed by atoms with van der Waals surface area (Å²) in [4.78, 5) is 1.76. The summed E-state index contributed by atoms with van der Waals surface area (Å²) in [5.41, 5.74) is -1.53. The third-order valence-electron chi connectivity index (χ3n) is 4.76. The minimum Gasteiger partial charge on any atom is -0.311 e. The van der Waals surface area contributed by atoms with Crippen molar-refractivity contribution in [2.75, 3.05) is 13.1 Å². The van der Waals surface area contributed by atoms with Crippen LogP contribution in [0.2, 0.25) is 0 Å². The molecule has 0 bridgehead atoms. The average molecular weight is 278 g/mol. The van der Waals surface area contributed by atoms with E-state index < -0.39 is 11.7 Å². The molecule has 1 N–H and O–H groups in total. The molecular formula is C14H25F3N2. The Hall–Kier alpha value is -0.290. The van der Waals surface area contributed by atoms with Gasteiger partial charge >= 0.3 is 6.18 Å². The maximum absolute atomic E-state index is 13.4. The maximum Gasteiger partial charge on any atom is 0.406 e. The van der Waals surface area contributed by atoms with Crippen LogP contribution in [0.4, 0.5) is 13.2 Å². The van der Waals surface area contributed by atoms with Crippen molar-refractivity contribution in [1.29, 1.82) is 0 Å². The van der Waals surface area contributed by atoms with E-state index in [1.165, 1.54) is 0 Å². The molecule has 1 heterocycles. The highest BCUT2D eigenvalue weighted by Gasteiger charge is 2.68. The Morgan fingerprint density at radius 3 is 2.05 bits per heavy atom.